The van der Waals surface area contributed by atoms with Gasteiger partial charge < -0.3 is 10.2 Å². The van der Waals surface area contributed by atoms with Crippen LogP contribution in [-0.4, -0.2) is 12.1 Å². The van der Waals surface area contributed by atoms with Crippen molar-refractivity contribution in [1.29, 1.82) is 5.26 Å². The van der Waals surface area contributed by atoms with Gasteiger partial charge in [-0.15, -0.1) is 0 Å². The zero-order valence-electron chi connectivity index (χ0n) is 12.2. The maximum atomic E-state index is 12.2. The molecule has 1 aliphatic heterocycles. The molecule has 1 heterocycles. The average molecular weight is 291 g/mol. The molecule has 3 rings (SSSR count). The van der Waals surface area contributed by atoms with Crippen LogP contribution in [0.25, 0.3) is 0 Å². The third-order valence-corrected chi connectivity index (χ3v) is 3.86. The zero-order valence-corrected chi connectivity index (χ0v) is 12.2. The second kappa shape index (κ2) is 6.31. The van der Waals surface area contributed by atoms with Crippen molar-refractivity contribution in [1.82, 2.24) is 5.32 Å². The molecule has 0 fully saturated rings. The highest BCUT2D eigenvalue weighted by molar-refractivity contribution is 6.01. The molecule has 0 saturated carbocycles. The quantitative estimate of drug-likeness (QED) is 0.942. The van der Waals surface area contributed by atoms with Crippen LogP contribution < -0.4 is 10.2 Å². The average Bonchev–Trinajstić information content (AvgIpc) is 2.57. The first-order chi connectivity index (χ1) is 10.8. The van der Waals surface area contributed by atoms with E-state index in [1.165, 1.54) is 5.56 Å². The number of nitriles is 1. The highest BCUT2D eigenvalue weighted by Gasteiger charge is 2.29. The van der Waals surface area contributed by atoms with Gasteiger partial charge in [-0.1, -0.05) is 42.5 Å². The molecular formula is C18H17N3O. The van der Waals surface area contributed by atoms with Crippen molar-refractivity contribution in [3.63, 3.8) is 0 Å². The van der Waals surface area contributed by atoms with Crippen molar-refractivity contribution >= 4 is 11.6 Å². The van der Waals surface area contributed by atoms with Gasteiger partial charge in [-0.25, -0.2) is 0 Å². The molecule has 1 N–H and O–H groups in total. The lowest BCUT2D eigenvalue weighted by Gasteiger charge is -2.39. The third kappa shape index (κ3) is 2.79. The van der Waals surface area contributed by atoms with Crippen LogP contribution in [0, 0.1) is 11.3 Å². The van der Waals surface area contributed by atoms with Gasteiger partial charge in [-0.2, -0.15) is 5.26 Å². The number of amides is 1. The summed E-state index contributed by atoms with van der Waals surface area (Å²) in [4.78, 5) is 14.4. The monoisotopic (exact) mass is 291 g/mol. The fourth-order valence-electron chi connectivity index (χ4n) is 2.80. The Kier molecular flexibility index (Phi) is 4.06. The molecule has 2 aromatic carbocycles. The second-order valence-corrected chi connectivity index (χ2v) is 5.32. The van der Waals surface area contributed by atoms with Gasteiger partial charge >= 0.3 is 0 Å². The van der Waals surface area contributed by atoms with Crippen molar-refractivity contribution in [3.05, 3.63) is 65.7 Å². The maximum absolute atomic E-state index is 12.2. The molecule has 0 aliphatic carbocycles. The molecule has 4 nitrogen and oxygen atoms in total. The minimum absolute atomic E-state index is 0.0668. The van der Waals surface area contributed by atoms with Gasteiger partial charge in [0, 0.05) is 13.0 Å². The van der Waals surface area contributed by atoms with E-state index < -0.39 is 0 Å². The molecule has 4 heteroatoms. The summed E-state index contributed by atoms with van der Waals surface area (Å²) in [6.07, 6.45) is 0.879. The molecule has 0 radical (unpaired) electrons. The van der Waals surface area contributed by atoms with Crippen molar-refractivity contribution in [2.24, 2.45) is 0 Å². The van der Waals surface area contributed by atoms with Crippen LogP contribution in [0.1, 0.15) is 28.8 Å². The van der Waals surface area contributed by atoms with Gasteiger partial charge in [-0.3, -0.25) is 4.79 Å². The van der Waals surface area contributed by atoms with Crippen LogP contribution in [0.4, 0.5) is 5.69 Å². The van der Waals surface area contributed by atoms with E-state index >= 15 is 0 Å². The molecular weight excluding hydrogens is 274 g/mol. The number of nitrogens with one attached hydrogen (secondary N) is 1. The number of para-hydroxylation sites is 1. The predicted octanol–water partition coefficient (Wildman–Crippen LogP) is 3.07. The van der Waals surface area contributed by atoms with Crippen molar-refractivity contribution in [2.45, 2.75) is 25.6 Å². The van der Waals surface area contributed by atoms with Gasteiger partial charge in [0.1, 0.15) is 6.17 Å². The molecule has 22 heavy (non-hydrogen) atoms. The zero-order chi connectivity index (χ0) is 15.4. The van der Waals surface area contributed by atoms with E-state index in [0.717, 1.165) is 5.69 Å². The predicted molar refractivity (Wildman–Crippen MR) is 85.2 cm³/mol. The third-order valence-electron chi connectivity index (χ3n) is 3.86. The number of anilines is 1. The maximum Gasteiger partial charge on any atom is 0.254 e. The molecule has 1 amide bonds. The fraction of sp³-hybridized carbons (Fsp3) is 0.222. The summed E-state index contributed by atoms with van der Waals surface area (Å²) in [6, 6.07) is 19.9. The Morgan fingerprint density at radius 1 is 1.09 bits per heavy atom. The summed E-state index contributed by atoms with van der Waals surface area (Å²) >= 11 is 0. The van der Waals surface area contributed by atoms with E-state index in [0.29, 0.717) is 24.9 Å². The van der Waals surface area contributed by atoms with Crippen LogP contribution in [0.15, 0.2) is 54.6 Å². The summed E-state index contributed by atoms with van der Waals surface area (Å²) in [5.74, 6) is -0.0668. The summed E-state index contributed by atoms with van der Waals surface area (Å²) < 4.78 is 0. The first kappa shape index (κ1) is 14.2. The van der Waals surface area contributed by atoms with Gasteiger partial charge in [-0.05, 0) is 24.1 Å². The highest BCUT2D eigenvalue weighted by Crippen LogP contribution is 2.29. The number of carbonyl (C=O) groups is 1. The topological polar surface area (TPSA) is 56.1 Å². The molecule has 2 aromatic rings. The van der Waals surface area contributed by atoms with Crippen molar-refractivity contribution in [3.8, 4) is 6.07 Å². The Bertz CT molecular complexity index is 706. The van der Waals surface area contributed by atoms with Gasteiger partial charge in [0.25, 0.3) is 5.91 Å². The number of carbonyl (C=O) groups excluding carboxylic acids is 1. The first-order valence-corrected chi connectivity index (χ1v) is 7.37. The Hall–Kier alpha value is -2.80. The Morgan fingerprint density at radius 3 is 2.59 bits per heavy atom. The van der Waals surface area contributed by atoms with E-state index in [9.17, 15) is 4.79 Å². The molecule has 1 atom stereocenters. The number of benzene rings is 2. The molecule has 0 aromatic heterocycles. The van der Waals surface area contributed by atoms with Gasteiger partial charge in [0.05, 0.1) is 17.3 Å². The van der Waals surface area contributed by atoms with Gasteiger partial charge in [0.2, 0.25) is 0 Å². The number of hydrogen-bond acceptors (Lipinski definition) is 3. The van der Waals surface area contributed by atoms with Crippen LogP contribution in [0.3, 0.4) is 0 Å². The highest BCUT2D eigenvalue weighted by atomic mass is 16.2. The second-order valence-electron chi connectivity index (χ2n) is 5.32. The fourth-order valence-corrected chi connectivity index (χ4v) is 2.80. The number of rotatable bonds is 4. The van der Waals surface area contributed by atoms with Crippen molar-refractivity contribution in [2.75, 3.05) is 4.90 Å². The van der Waals surface area contributed by atoms with Crippen LogP contribution in [0.2, 0.25) is 0 Å². The minimum Gasteiger partial charge on any atom is -0.346 e. The van der Waals surface area contributed by atoms with Crippen molar-refractivity contribution < 1.29 is 4.79 Å². The smallest absolute Gasteiger partial charge is 0.254 e. The Labute approximate surface area is 130 Å². The number of fused-ring (bicyclic) bond motifs is 1. The lowest BCUT2D eigenvalue weighted by Crippen LogP contribution is -2.52. The molecule has 1 unspecified atom stereocenters. The minimum atomic E-state index is -0.151. The molecule has 1 aliphatic rings. The number of nitrogens with zero attached hydrogens (tertiary/aromatic N) is 2. The standard InChI is InChI=1S/C18H17N3O/c19-12-6-11-17-20-18(22)15-9-4-5-10-16(15)21(17)13-14-7-2-1-3-8-14/h1-5,7-10,17H,6,11,13H2,(H,20,22). The van der Waals surface area contributed by atoms with E-state index in [4.69, 9.17) is 5.26 Å². The summed E-state index contributed by atoms with van der Waals surface area (Å²) in [7, 11) is 0. The van der Waals surface area contributed by atoms with Gasteiger partial charge in [0.15, 0.2) is 0 Å². The van der Waals surface area contributed by atoms with Crippen LogP contribution in [-0.2, 0) is 6.54 Å². The summed E-state index contributed by atoms with van der Waals surface area (Å²) in [5, 5.41) is 11.9. The summed E-state index contributed by atoms with van der Waals surface area (Å²) in [6.45, 7) is 0.703. The van der Waals surface area contributed by atoms with E-state index in [2.05, 4.69) is 28.4 Å². The lowest BCUT2D eigenvalue weighted by atomic mass is 10.0. The summed E-state index contributed by atoms with van der Waals surface area (Å²) in [5.41, 5.74) is 2.79. The molecule has 0 bridgehead atoms. The Balaban J connectivity index is 1.95. The van der Waals surface area contributed by atoms with E-state index in [1.54, 1.807) is 0 Å². The largest absolute Gasteiger partial charge is 0.346 e. The normalized spacial score (nSPS) is 16.6. The Morgan fingerprint density at radius 2 is 1.82 bits per heavy atom. The molecule has 0 saturated heterocycles. The number of hydrogen-bond donors (Lipinski definition) is 1. The SMILES string of the molecule is N#CCCC1NC(=O)c2ccccc2N1Cc1ccccc1. The first-order valence-electron chi connectivity index (χ1n) is 7.37. The van der Waals surface area contributed by atoms with E-state index in [-0.39, 0.29) is 12.1 Å². The van der Waals surface area contributed by atoms with E-state index in [1.807, 2.05) is 42.5 Å². The molecule has 0 spiro atoms. The molecule has 110 valence electrons. The van der Waals surface area contributed by atoms with Crippen LogP contribution >= 0.6 is 0 Å². The van der Waals surface area contributed by atoms with Crippen LogP contribution in [0.5, 0.6) is 0 Å². The lowest BCUT2D eigenvalue weighted by molar-refractivity contribution is 0.0924.